The fourth-order valence-corrected chi connectivity index (χ4v) is 3.21. The number of amides is 1. The lowest BCUT2D eigenvalue weighted by molar-refractivity contribution is -0.153. The summed E-state index contributed by atoms with van der Waals surface area (Å²) in [5.74, 6) is -5.73. The first-order chi connectivity index (χ1) is 8.80. The summed E-state index contributed by atoms with van der Waals surface area (Å²) >= 11 is 0. The molecule has 0 spiro atoms. The van der Waals surface area contributed by atoms with Crippen LogP contribution in [0.3, 0.4) is 0 Å². The van der Waals surface area contributed by atoms with Crippen molar-refractivity contribution in [3.05, 3.63) is 0 Å². The van der Waals surface area contributed by atoms with E-state index in [1.807, 2.05) is 0 Å². The molecule has 114 valence electrons. The zero-order valence-electron chi connectivity index (χ0n) is 10.5. The summed E-state index contributed by atoms with van der Waals surface area (Å²) in [4.78, 5) is 33.9. The first kappa shape index (κ1) is 16.6. The molecule has 0 aromatic rings. The Hall–Kier alpha value is -1.41. The molecule has 0 unspecified atom stereocenters. The van der Waals surface area contributed by atoms with Crippen LogP contribution in [0, 0.1) is 11.8 Å². The summed E-state index contributed by atoms with van der Waals surface area (Å²) in [5, 5.41) is 20.4. The lowest BCUT2D eigenvalue weighted by Crippen LogP contribution is -2.57. The quantitative estimate of drug-likeness (QED) is 0.543. The summed E-state index contributed by atoms with van der Waals surface area (Å²) in [7, 11) is 0. The van der Waals surface area contributed by atoms with E-state index in [0.29, 0.717) is 0 Å². The number of hydrogen-bond donors (Lipinski definition) is 4. The van der Waals surface area contributed by atoms with Crippen molar-refractivity contribution in [2.45, 2.75) is 30.5 Å². The van der Waals surface area contributed by atoms with Crippen molar-refractivity contribution in [1.82, 2.24) is 5.32 Å². The van der Waals surface area contributed by atoms with Crippen LogP contribution in [0.1, 0.15) is 19.3 Å². The van der Waals surface area contributed by atoms with Gasteiger partial charge in [-0.2, -0.15) is 0 Å². The molecule has 9 heteroatoms. The summed E-state index contributed by atoms with van der Waals surface area (Å²) < 4.78 is 14.2. The molecule has 0 aliphatic heterocycles. The third-order valence-corrected chi connectivity index (χ3v) is 4.11. The lowest BCUT2D eigenvalue weighted by Gasteiger charge is -2.29. The molecule has 0 aromatic heterocycles. The maximum Gasteiger partial charge on any atom is 0.342 e. The number of rotatable bonds is 5. The van der Waals surface area contributed by atoms with Crippen molar-refractivity contribution in [2.75, 3.05) is 6.54 Å². The average molecular weight is 311 g/mol. The Morgan fingerprint density at radius 1 is 1.30 bits per heavy atom. The van der Waals surface area contributed by atoms with Crippen molar-refractivity contribution in [1.29, 1.82) is 0 Å². The molecule has 2 saturated carbocycles. The smallest absolute Gasteiger partial charge is 0.342 e. The third-order valence-electron chi connectivity index (χ3n) is 4.11. The predicted octanol–water partition coefficient (Wildman–Crippen LogP) is -0.471. The first-order valence-corrected chi connectivity index (χ1v) is 5.97. The summed E-state index contributed by atoms with van der Waals surface area (Å²) in [6.07, 6.45) is 0.0778. The molecule has 0 saturated heterocycles. The SMILES string of the molecule is Cl.NCCC(=O)N[C@]1(C(=O)O)CC[C@H]2[C@@H]1[C@]2(F)C(=O)O. The molecule has 1 amide bonds. The third kappa shape index (κ3) is 2.03. The van der Waals surface area contributed by atoms with E-state index in [9.17, 15) is 23.9 Å². The van der Waals surface area contributed by atoms with E-state index >= 15 is 0 Å². The van der Waals surface area contributed by atoms with E-state index in [1.54, 1.807) is 0 Å². The van der Waals surface area contributed by atoms with Crippen LogP contribution in [0.25, 0.3) is 0 Å². The highest BCUT2D eigenvalue weighted by atomic mass is 35.5. The van der Waals surface area contributed by atoms with Gasteiger partial charge in [0.15, 0.2) is 0 Å². The number of nitrogens with two attached hydrogens (primary N) is 1. The number of carbonyl (C=O) groups excluding carboxylic acids is 1. The molecule has 4 atom stereocenters. The van der Waals surface area contributed by atoms with Crippen LogP contribution in [-0.2, 0) is 14.4 Å². The first-order valence-electron chi connectivity index (χ1n) is 5.97. The van der Waals surface area contributed by atoms with E-state index < -0.39 is 40.9 Å². The number of carboxylic acids is 2. The van der Waals surface area contributed by atoms with Crippen LogP contribution in [-0.4, -0.2) is 45.8 Å². The van der Waals surface area contributed by atoms with Crippen LogP contribution in [0.2, 0.25) is 0 Å². The van der Waals surface area contributed by atoms with Gasteiger partial charge in [-0.1, -0.05) is 0 Å². The van der Waals surface area contributed by atoms with Gasteiger partial charge in [0, 0.05) is 24.8 Å². The second-order valence-corrected chi connectivity index (χ2v) is 5.06. The van der Waals surface area contributed by atoms with Crippen LogP contribution >= 0.6 is 12.4 Å². The molecule has 2 fully saturated rings. The van der Waals surface area contributed by atoms with Crippen molar-refractivity contribution in [3.63, 3.8) is 0 Å². The summed E-state index contributed by atoms with van der Waals surface area (Å²) in [6, 6.07) is 0. The number of fused-ring (bicyclic) bond motifs is 1. The number of alkyl halides is 1. The monoisotopic (exact) mass is 310 g/mol. The van der Waals surface area contributed by atoms with Crippen LogP contribution in [0.15, 0.2) is 0 Å². The minimum Gasteiger partial charge on any atom is -0.479 e. The highest BCUT2D eigenvalue weighted by Crippen LogP contribution is 2.67. The molecule has 2 rings (SSSR count). The van der Waals surface area contributed by atoms with E-state index in [-0.39, 0.29) is 38.2 Å². The molecular weight excluding hydrogens is 295 g/mol. The Kier molecular flexibility index (Phi) is 4.31. The molecule has 2 aliphatic rings. The maximum absolute atomic E-state index is 14.2. The minimum absolute atomic E-state index is 0. The number of carboxylic acid groups (broad SMARTS) is 2. The van der Waals surface area contributed by atoms with Gasteiger partial charge in [0.25, 0.3) is 0 Å². The fraction of sp³-hybridized carbons (Fsp3) is 0.727. The maximum atomic E-state index is 14.2. The van der Waals surface area contributed by atoms with E-state index in [2.05, 4.69) is 5.32 Å². The Morgan fingerprint density at radius 3 is 2.30 bits per heavy atom. The molecular formula is C11H16ClFN2O5. The predicted molar refractivity (Wildman–Crippen MR) is 67.1 cm³/mol. The van der Waals surface area contributed by atoms with E-state index in [0.717, 1.165) is 0 Å². The molecule has 0 bridgehead atoms. The second-order valence-electron chi connectivity index (χ2n) is 5.06. The molecule has 7 nitrogen and oxygen atoms in total. The molecule has 20 heavy (non-hydrogen) atoms. The molecule has 2 aliphatic carbocycles. The fourth-order valence-electron chi connectivity index (χ4n) is 3.21. The zero-order valence-corrected chi connectivity index (χ0v) is 11.3. The highest BCUT2D eigenvalue weighted by molar-refractivity contribution is 5.93. The normalized spacial score (nSPS) is 37.5. The molecule has 5 N–H and O–H groups in total. The number of hydrogen-bond acceptors (Lipinski definition) is 4. The standard InChI is InChI=1S/C11H15FN2O5.ClH/c12-11(9(18)19)5-1-3-10(7(5)11,8(16)17)14-6(15)2-4-13;/h5,7H,1-4,13H2,(H,14,15)(H,16,17)(H,18,19);1H/t5-,7-,10+,11-;/m0./s1. The average Bonchev–Trinajstić information content (AvgIpc) is 2.74. The van der Waals surface area contributed by atoms with Gasteiger partial charge in [-0.25, -0.2) is 14.0 Å². The topological polar surface area (TPSA) is 130 Å². The molecule has 0 radical (unpaired) electrons. The Labute approximate surface area is 120 Å². The Bertz CT molecular complexity index is 462. The zero-order chi connectivity index (χ0) is 14.4. The van der Waals surface area contributed by atoms with Crippen molar-refractivity contribution in [2.24, 2.45) is 17.6 Å². The van der Waals surface area contributed by atoms with Gasteiger partial charge in [-0.05, 0) is 12.8 Å². The van der Waals surface area contributed by atoms with Crippen molar-refractivity contribution in [3.8, 4) is 0 Å². The van der Waals surface area contributed by atoms with Crippen LogP contribution in [0.5, 0.6) is 0 Å². The van der Waals surface area contributed by atoms with Crippen LogP contribution in [0.4, 0.5) is 4.39 Å². The van der Waals surface area contributed by atoms with Gasteiger partial charge in [-0.15, -0.1) is 12.4 Å². The number of carbonyl (C=O) groups is 3. The van der Waals surface area contributed by atoms with Gasteiger partial charge in [-0.3, -0.25) is 4.79 Å². The van der Waals surface area contributed by atoms with Crippen molar-refractivity contribution >= 4 is 30.3 Å². The highest BCUT2D eigenvalue weighted by Gasteiger charge is 2.83. The largest absolute Gasteiger partial charge is 0.479 e. The number of halogens is 2. The second kappa shape index (κ2) is 5.17. The van der Waals surface area contributed by atoms with E-state index in [1.165, 1.54) is 0 Å². The van der Waals surface area contributed by atoms with Crippen LogP contribution < -0.4 is 11.1 Å². The van der Waals surface area contributed by atoms with Crippen molar-refractivity contribution < 1.29 is 29.0 Å². The van der Waals surface area contributed by atoms with Gasteiger partial charge in [0.05, 0.1) is 0 Å². The Morgan fingerprint density at radius 2 is 1.90 bits per heavy atom. The lowest BCUT2D eigenvalue weighted by atomic mass is 9.89. The van der Waals surface area contributed by atoms with E-state index in [4.69, 9.17) is 10.8 Å². The number of aliphatic carboxylic acids is 2. The summed E-state index contributed by atoms with van der Waals surface area (Å²) in [5.41, 5.74) is 0.815. The Balaban J connectivity index is 0.00000200. The van der Waals surface area contributed by atoms with Gasteiger partial charge < -0.3 is 21.3 Å². The van der Waals surface area contributed by atoms with Gasteiger partial charge in [0.2, 0.25) is 11.6 Å². The van der Waals surface area contributed by atoms with Gasteiger partial charge >= 0.3 is 11.9 Å². The molecule has 0 aromatic carbocycles. The number of nitrogens with one attached hydrogen (secondary N) is 1. The van der Waals surface area contributed by atoms with Gasteiger partial charge in [0.1, 0.15) is 5.54 Å². The minimum atomic E-state index is -2.55. The molecule has 0 heterocycles. The summed E-state index contributed by atoms with van der Waals surface area (Å²) in [6.45, 7) is 0.0370.